The van der Waals surface area contributed by atoms with Crippen LogP contribution < -0.4 is 5.73 Å². The number of carbonyl (C=O) groups is 1. The average molecular weight is 290 g/mol. The third-order valence-corrected chi connectivity index (χ3v) is 3.27. The van der Waals surface area contributed by atoms with Crippen molar-refractivity contribution in [2.45, 2.75) is 18.9 Å². The van der Waals surface area contributed by atoms with E-state index >= 15 is 0 Å². The smallest absolute Gasteiger partial charge is 0.340 e. The first-order valence-corrected chi connectivity index (χ1v) is 6.37. The molecule has 1 heterocycles. The van der Waals surface area contributed by atoms with E-state index in [0.29, 0.717) is 11.6 Å². The second kappa shape index (κ2) is 5.78. The maximum Gasteiger partial charge on any atom is 0.340 e. The van der Waals surface area contributed by atoms with E-state index < -0.39 is 5.97 Å². The molecule has 1 aromatic carbocycles. The predicted octanol–water partition coefficient (Wildman–Crippen LogP) is 2.91. The maximum atomic E-state index is 11.9. The molecule has 6 heteroatoms. The summed E-state index contributed by atoms with van der Waals surface area (Å²) in [6.07, 6.45) is 1.87. The van der Waals surface area contributed by atoms with Gasteiger partial charge >= 0.3 is 5.97 Å². The number of nitrogen functional groups attached to an aromatic ring is 1. The average Bonchev–Trinajstić information content (AvgIpc) is 2.83. The summed E-state index contributed by atoms with van der Waals surface area (Å²) in [6.45, 7) is 0.940. The van der Waals surface area contributed by atoms with Crippen molar-refractivity contribution in [3.63, 3.8) is 0 Å². The number of anilines is 1. The summed E-state index contributed by atoms with van der Waals surface area (Å²) in [5.41, 5.74) is 6.08. The normalized spacial score (nSPS) is 18.9. The molecule has 1 aliphatic heterocycles. The van der Waals surface area contributed by atoms with Gasteiger partial charge in [0, 0.05) is 11.6 Å². The zero-order valence-electron chi connectivity index (χ0n) is 9.62. The number of esters is 1. The van der Waals surface area contributed by atoms with Crippen LogP contribution in [-0.2, 0) is 9.47 Å². The first kappa shape index (κ1) is 13.5. The Balaban J connectivity index is 2.04. The van der Waals surface area contributed by atoms with Gasteiger partial charge in [-0.15, -0.1) is 0 Å². The topological polar surface area (TPSA) is 61.6 Å². The van der Waals surface area contributed by atoms with E-state index in [4.69, 9.17) is 38.4 Å². The lowest BCUT2D eigenvalue weighted by Gasteiger charge is -2.12. The van der Waals surface area contributed by atoms with Gasteiger partial charge < -0.3 is 15.2 Å². The van der Waals surface area contributed by atoms with Crippen molar-refractivity contribution in [2.24, 2.45) is 0 Å². The summed E-state index contributed by atoms with van der Waals surface area (Å²) in [7, 11) is 0. The van der Waals surface area contributed by atoms with Gasteiger partial charge in [0.2, 0.25) is 0 Å². The Morgan fingerprint density at radius 1 is 1.50 bits per heavy atom. The standard InChI is InChI=1S/C12H13Cl2NO3/c13-7-4-9(11(15)10(14)5-7)12(16)18-6-8-2-1-3-17-8/h4-5,8H,1-3,6,15H2. The molecule has 4 nitrogen and oxygen atoms in total. The number of carbonyl (C=O) groups excluding carboxylic acids is 1. The first-order chi connectivity index (χ1) is 8.58. The molecule has 0 aliphatic carbocycles. The van der Waals surface area contributed by atoms with E-state index in [2.05, 4.69) is 0 Å². The number of hydrogen-bond acceptors (Lipinski definition) is 4. The number of rotatable bonds is 3. The van der Waals surface area contributed by atoms with Crippen LogP contribution in [0.3, 0.4) is 0 Å². The molecule has 0 spiro atoms. The lowest BCUT2D eigenvalue weighted by atomic mass is 10.2. The fourth-order valence-electron chi connectivity index (χ4n) is 1.78. The molecule has 1 saturated heterocycles. The summed E-state index contributed by atoms with van der Waals surface area (Å²) >= 11 is 11.7. The molecule has 0 bridgehead atoms. The van der Waals surface area contributed by atoms with Crippen molar-refractivity contribution >= 4 is 34.9 Å². The summed E-state index contributed by atoms with van der Waals surface area (Å²) < 4.78 is 10.5. The Morgan fingerprint density at radius 2 is 2.28 bits per heavy atom. The lowest BCUT2D eigenvalue weighted by Crippen LogP contribution is -2.18. The van der Waals surface area contributed by atoms with E-state index in [-0.39, 0.29) is 29.0 Å². The molecule has 0 saturated carbocycles. The van der Waals surface area contributed by atoms with Crippen molar-refractivity contribution in [3.05, 3.63) is 27.7 Å². The molecule has 18 heavy (non-hydrogen) atoms. The Kier molecular flexibility index (Phi) is 4.32. The molecule has 1 aliphatic rings. The highest BCUT2D eigenvalue weighted by molar-refractivity contribution is 6.37. The second-order valence-corrected chi connectivity index (χ2v) is 4.93. The van der Waals surface area contributed by atoms with Crippen LogP contribution in [0.1, 0.15) is 23.2 Å². The van der Waals surface area contributed by atoms with Crippen LogP contribution in [0.4, 0.5) is 5.69 Å². The monoisotopic (exact) mass is 289 g/mol. The molecule has 2 rings (SSSR count). The highest BCUT2D eigenvalue weighted by Gasteiger charge is 2.20. The fraction of sp³-hybridized carbons (Fsp3) is 0.417. The third kappa shape index (κ3) is 3.07. The van der Waals surface area contributed by atoms with Crippen molar-refractivity contribution < 1.29 is 14.3 Å². The minimum absolute atomic E-state index is 0.0233. The molecule has 1 unspecified atom stereocenters. The van der Waals surface area contributed by atoms with E-state index in [9.17, 15) is 4.79 Å². The maximum absolute atomic E-state index is 11.9. The van der Waals surface area contributed by atoms with Crippen LogP contribution >= 0.6 is 23.2 Å². The van der Waals surface area contributed by atoms with Crippen LogP contribution in [-0.4, -0.2) is 25.3 Å². The number of hydrogen-bond donors (Lipinski definition) is 1. The number of benzene rings is 1. The summed E-state index contributed by atoms with van der Waals surface area (Å²) in [6, 6.07) is 2.93. The van der Waals surface area contributed by atoms with Gasteiger partial charge in [-0.3, -0.25) is 0 Å². The van der Waals surface area contributed by atoms with Crippen LogP contribution in [0.5, 0.6) is 0 Å². The van der Waals surface area contributed by atoms with E-state index in [1.54, 1.807) is 0 Å². The molecular formula is C12H13Cl2NO3. The summed E-state index contributed by atoms with van der Waals surface area (Å²) in [5, 5.41) is 0.588. The van der Waals surface area contributed by atoms with Crippen molar-refractivity contribution in [3.8, 4) is 0 Å². The Hall–Kier alpha value is -0.970. The van der Waals surface area contributed by atoms with Gasteiger partial charge in [0.15, 0.2) is 0 Å². The molecule has 2 N–H and O–H groups in total. The zero-order chi connectivity index (χ0) is 13.1. The van der Waals surface area contributed by atoms with Crippen LogP contribution in [0.2, 0.25) is 10.0 Å². The van der Waals surface area contributed by atoms with Crippen LogP contribution in [0.25, 0.3) is 0 Å². The van der Waals surface area contributed by atoms with Gasteiger partial charge in [-0.2, -0.15) is 0 Å². The van der Waals surface area contributed by atoms with Gasteiger partial charge in [0.25, 0.3) is 0 Å². The van der Waals surface area contributed by atoms with Crippen molar-refractivity contribution in [2.75, 3.05) is 18.9 Å². The summed E-state index contributed by atoms with van der Waals surface area (Å²) in [5.74, 6) is -0.535. The van der Waals surface area contributed by atoms with Crippen molar-refractivity contribution in [1.82, 2.24) is 0 Å². The summed E-state index contributed by atoms with van der Waals surface area (Å²) in [4.78, 5) is 11.9. The highest BCUT2D eigenvalue weighted by Crippen LogP contribution is 2.28. The lowest BCUT2D eigenvalue weighted by molar-refractivity contribution is 0.0162. The molecular weight excluding hydrogens is 277 g/mol. The van der Waals surface area contributed by atoms with Crippen molar-refractivity contribution in [1.29, 1.82) is 0 Å². The molecule has 1 aromatic rings. The van der Waals surface area contributed by atoms with Crippen LogP contribution in [0, 0.1) is 0 Å². The third-order valence-electron chi connectivity index (χ3n) is 2.74. The molecule has 1 atom stereocenters. The van der Waals surface area contributed by atoms with Gasteiger partial charge in [-0.25, -0.2) is 4.79 Å². The first-order valence-electron chi connectivity index (χ1n) is 5.61. The Bertz CT molecular complexity index is 459. The minimum atomic E-state index is -0.535. The van der Waals surface area contributed by atoms with Gasteiger partial charge in [0.05, 0.1) is 22.4 Å². The minimum Gasteiger partial charge on any atom is -0.459 e. The Morgan fingerprint density at radius 3 is 2.94 bits per heavy atom. The number of ether oxygens (including phenoxy) is 2. The SMILES string of the molecule is Nc1c(Cl)cc(Cl)cc1C(=O)OCC1CCCO1. The molecule has 0 aromatic heterocycles. The van der Waals surface area contributed by atoms with E-state index in [1.807, 2.05) is 0 Å². The van der Waals surface area contributed by atoms with E-state index in [1.165, 1.54) is 12.1 Å². The highest BCUT2D eigenvalue weighted by atomic mass is 35.5. The van der Waals surface area contributed by atoms with Crippen LogP contribution in [0.15, 0.2) is 12.1 Å². The molecule has 0 amide bonds. The predicted molar refractivity (Wildman–Crippen MR) is 70.1 cm³/mol. The second-order valence-electron chi connectivity index (χ2n) is 4.08. The Labute approximate surface area is 115 Å². The number of nitrogens with two attached hydrogens (primary N) is 1. The van der Waals surface area contributed by atoms with Gasteiger partial charge in [-0.1, -0.05) is 23.2 Å². The molecule has 1 fully saturated rings. The fourth-order valence-corrected chi connectivity index (χ4v) is 2.27. The molecule has 0 radical (unpaired) electrons. The van der Waals surface area contributed by atoms with Gasteiger partial charge in [0.1, 0.15) is 6.61 Å². The zero-order valence-corrected chi connectivity index (χ0v) is 11.1. The quantitative estimate of drug-likeness (QED) is 0.686. The largest absolute Gasteiger partial charge is 0.459 e. The van der Waals surface area contributed by atoms with Gasteiger partial charge in [-0.05, 0) is 25.0 Å². The van der Waals surface area contributed by atoms with E-state index in [0.717, 1.165) is 12.8 Å². The number of halogens is 2. The molecule has 98 valence electrons.